The molecule has 27 heavy (non-hydrogen) atoms. The molecule has 1 heterocycles. The van der Waals surface area contributed by atoms with Gasteiger partial charge in [0.05, 0.1) is 17.7 Å². The van der Waals surface area contributed by atoms with Crippen molar-refractivity contribution in [2.75, 3.05) is 17.7 Å². The van der Waals surface area contributed by atoms with Crippen molar-refractivity contribution < 1.29 is 14.3 Å². The van der Waals surface area contributed by atoms with Crippen molar-refractivity contribution in [3.63, 3.8) is 0 Å². The number of hydrogen-bond acceptors (Lipinski definition) is 6. The van der Waals surface area contributed by atoms with E-state index in [1.807, 2.05) is 6.92 Å². The average Bonchev–Trinajstić information content (AvgIpc) is 3.01. The van der Waals surface area contributed by atoms with Gasteiger partial charge in [0.1, 0.15) is 5.00 Å². The number of carbonyl (C=O) groups excluding carboxylic acids is 2. The standard InChI is InChI=1S/C19H16ClN3O3S/c1-11-21-16(17(24)22-15-8-4-6-13(20)10-15)18(27-11)23-14-7-3-5-12(9-14)19(25)26-2/h3-10,23H,1-2H3,(H,22,24). The molecule has 0 bridgehead atoms. The van der Waals surface area contributed by atoms with Crippen LogP contribution in [0, 0.1) is 6.92 Å². The zero-order valence-electron chi connectivity index (χ0n) is 14.6. The van der Waals surface area contributed by atoms with E-state index in [0.29, 0.717) is 27.0 Å². The number of nitrogens with zero attached hydrogens (tertiary/aromatic N) is 1. The number of halogens is 1. The van der Waals surface area contributed by atoms with Crippen molar-refractivity contribution in [2.45, 2.75) is 6.92 Å². The summed E-state index contributed by atoms with van der Waals surface area (Å²) in [6, 6.07) is 13.7. The van der Waals surface area contributed by atoms with Gasteiger partial charge in [-0.05, 0) is 43.3 Å². The van der Waals surface area contributed by atoms with Crippen molar-refractivity contribution in [3.8, 4) is 0 Å². The molecule has 0 atom stereocenters. The first-order chi connectivity index (χ1) is 13.0. The number of nitrogens with one attached hydrogen (secondary N) is 2. The van der Waals surface area contributed by atoms with E-state index in [0.717, 1.165) is 5.01 Å². The van der Waals surface area contributed by atoms with Gasteiger partial charge in [-0.25, -0.2) is 9.78 Å². The van der Waals surface area contributed by atoms with Gasteiger partial charge in [-0.15, -0.1) is 11.3 Å². The Kier molecular flexibility index (Phi) is 5.73. The van der Waals surface area contributed by atoms with Gasteiger partial charge in [0.15, 0.2) is 5.69 Å². The first-order valence-electron chi connectivity index (χ1n) is 7.96. The van der Waals surface area contributed by atoms with Gasteiger partial charge < -0.3 is 15.4 Å². The van der Waals surface area contributed by atoms with Crippen LogP contribution in [-0.2, 0) is 4.74 Å². The number of anilines is 3. The number of aromatic nitrogens is 1. The number of benzene rings is 2. The Morgan fingerprint density at radius 1 is 1.11 bits per heavy atom. The molecule has 2 aromatic carbocycles. The molecule has 0 radical (unpaired) electrons. The second kappa shape index (κ2) is 8.20. The highest BCUT2D eigenvalue weighted by Gasteiger charge is 2.18. The molecule has 0 aliphatic carbocycles. The molecular formula is C19H16ClN3O3S. The second-order valence-corrected chi connectivity index (χ2v) is 7.21. The molecule has 1 amide bonds. The van der Waals surface area contributed by atoms with Crippen LogP contribution in [0.15, 0.2) is 48.5 Å². The molecule has 0 saturated carbocycles. The molecule has 1 aromatic heterocycles. The lowest BCUT2D eigenvalue weighted by molar-refractivity contribution is 0.0600. The van der Waals surface area contributed by atoms with Gasteiger partial charge in [0.25, 0.3) is 5.91 Å². The number of thiazole rings is 1. The molecule has 6 nitrogen and oxygen atoms in total. The number of esters is 1. The Morgan fingerprint density at radius 3 is 2.59 bits per heavy atom. The van der Waals surface area contributed by atoms with Crippen LogP contribution < -0.4 is 10.6 Å². The topological polar surface area (TPSA) is 80.3 Å². The van der Waals surface area contributed by atoms with Gasteiger partial charge in [-0.3, -0.25) is 4.79 Å². The summed E-state index contributed by atoms with van der Waals surface area (Å²) in [7, 11) is 1.33. The van der Waals surface area contributed by atoms with Crippen molar-refractivity contribution >= 4 is 51.2 Å². The minimum atomic E-state index is -0.432. The fraction of sp³-hybridized carbons (Fsp3) is 0.105. The zero-order valence-corrected chi connectivity index (χ0v) is 16.1. The Morgan fingerprint density at radius 2 is 1.85 bits per heavy atom. The third kappa shape index (κ3) is 4.64. The molecule has 0 fully saturated rings. The summed E-state index contributed by atoms with van der Waals surface area (Å²) in [6.07, 6.45) is 0. The van der Waals surface area contributed by atoms with E-state index >= 15 is 0 Å². The number of aryl methyl sites for hydroxylation is 1. The van der Waals surface area contributed by atoms with E-state index < -0.39 is 5.97 Å². The number of rotatable bonds is 5. The molecular weight excluding hydrogens is 386 g/mol. The lowest BCUT2D eigenvalue weighted by Gasteiger charge is -2.08. The van der Waals surface area contributed by atoms with Gasteiger partial charge in [-0.1, -0.05) is 23.7 Å². The number of hydrogen-bond donors (Lipinski definition) is 2. The first kappa shape index (κ1) is 18.9. The fourth-order valence-electron chi connectivity index (χ4n) is 2.40. The lowest BCUT2D eigenvalue weighted by Crippen LogP contribution is -2.14. The van der Waals surface area contributed by atoms with Crippen molar-refractivity contribution in [1.29, 1.82) is 0 Å². The van der Waals surface area contributed by atoms with Crippen molar-refractivity contribution in [2.24, 2.45) is 0 Å². The number of carbonyl (C=O) groups is 2. The summed E-state index contributed by atoms with van der Waals surface area (Å²) < 4.78 is 4.73. The first-order valence-corrected chi connectivity index (χ1v) is 9.15. The summed E-state index contributed by atoms with van der Waals surface area (Å²) >= 11 is 7.30. The Balaban J connectivity index is 1.84. The van der Waals surface area contributed by atoms with E-state index in [2.05, 4.69) is 15.6 Å². The van der Waals surface area contributed by atoms with Crippen molar-refractivity contribution in [1.82, 2.24) is 4.98 Å². The third-order valence-corrected chi connectivity index (χ3v) is 4.69. The zero-order chi connectivity index (χ0) is 19.4. The Labute approximate surface area is 165 Å². The second-order valence-electron chi connectivity index (χ2n) is 5.57. The highest BCUT2D eigenvalue weighted by Crippen LogP contribution is 2.29. The number of ether oxygens (including phenoxy) is 1. The molecule has 0 aliphatic rings. The van der Waals surface area contributed by atoms with Gasteiger partial charge >= 0.3 is 5.97 Å². The molecule has 2 N–H and O–H groups in total. The van der Waals surface area contributed by atoms with Crippen LogP contribution in [0.5, 0.6) is 0 Å². The molecule has 138 valence electrons. The van der Waals surface area contributed by atoms with Crippen LogP contribution in [0.2, 0.25) is 5.02 Å². The van der Waals surface area contributed by atoms with Gasteiger partial charge in [0.2, 0.25) is 0 Å². The summed E-state index contributed by atoms with van der Waals surface area (Å²) in [6.45, 7) is 1.82. The summed E-state index contributed by atoms with van der Waals surface area (Å²) in [5.74, 6) is -0.786. The van der Waals surface area contributed by atoms with E-state index in [4.69, 9.17) is 16.3 Å². The van der Waals surface area contributed by atoms with Crippen LogP contribution in [0.4, 0.5) is 16.4 Å². The SMILES string of the molecule is COC(=O)c1cccc(Nc2sc(C)nc2C(=O)Nc2cccc(Cl)c2)c1. The minimum Gasteiger partial charge on any atom is -0.465 e. The predicted octanol–water partition coefficient (Wildman–Crippen LogP) is 4.89. The summed E-state index contributed by atoms with van der Waals surface area (Å²) in [5, 5.41) is 7.78. The molecule has 0 saturated heterocycles. The quantitative estimate of drug-likeness (QED) is 0.595. The maximum Gasteiger partial charge on any atom is 0.337 e. The van der Waals surface area contributed by atoms with Gasteiger partial charge in [0, 0.05) is 16.4 Å². The average molecular weight is 402 g/mol. The molecule has 0 unspecified atom stereocenters. The van der Waals surface area contributed by atoms with E-state index in [9.17, 15) is 9.59 Å². The molecule has 8 heteroatoms. The van der Waals surface area contributed by atoms with E-state index in [1.54, 1.807) is 48.5 Å². The minimum absolute atomic E-state index is 0.265. The lowest BCUT2D eigenvalue weighted by atomic mass is 10.2. The number of methoxy groups -OCH3 is 1. The van der Waals surface area contributed by atoms with Crippen LogP contribution in [-0.4, -0.2) is 24.0 Å². The van der Waals surface area contributed by atoms with E-state index in [-0.39, 0.29) is 11.6 Å². The predicted molar refractivity (Wildman–Crippen MR) is 107 cm³/mol. The van der Waals surface area contributed by atoms with Crippen molar-refractivity contribution in [3.05, 3.63) is 69.8 Å². The third-order valence-electron chi connectivity index (χ3n) is 3.57. The maximum absolute atomic E-state index is 12.6. The highest BCUT2D eigenvalue weighted by molar-refractivity contribution is 7.16. The van der Waals surface area contributed by atoms with Crippen LogP contribution >= 0.6 is 22.9 Å². The number of amides is 1. The van der Waals surface area contributed by atoms with Gasteiger partial charge in [-0.2, -0.15) is 0 Å². The Bertz CT molecular complexity index is 1000. The summed E-state index contributed by atoms with van der Waals surface area (Å²) in [4.78, 5) is 28.7. The maximum atomic E-state index is 12.6. The Hall–Kier alpha value is -2.90. The molecule has 3 aromatic rings. The molecule has 0 spiro atoms. The highest BCUT2D eigenvalue weighted by atomic mass is 35.5. The largest absolute Gasteiger partial charge is 0.465 e. The van der Waals surface area contributed by atoms with E-state index in [1.165, 1.54) is 18.4 Å². The molecule has 0 aliphatic heterocycles. The molecule has 3 rings (SSSR count). The fourth-order valence-corrected chi connectivity index (χ4v) is 3.42. The van der Waals surface area contributed by atoms with Crippen LogP contribution in [0.3, 0.4) is 0 Å². The smallest absolute Gasteiger partial charge is 0.337 e. The monoisotopic (exact) mass is 401 g/mol. The van der Waals surface area contributed by atoms with Crippen LogP contribution in [0.1, 0.15) is 25.9 Å². The van der Waals surface area contributed by atoms with Crippen LogP contribution in [0.25, 0.3) is 0 Å². The normalized spacial score (nSPS) is 10.3. The summed E-state index contributed by atoms with van der Waals surface area (Å²) in [5.41, 5.74) is 1.91.